The van der Waals surface area contributed by atoms with E-state index in [-0.39, 0.29) is 6.04 Å². The van der Waals surface area contributed by atoms with E-state index in [9.17, 15) is 9.90 Å². The molecule has 0 heterocycles. The lowest BCUT2D eigenvalue weighted by Gasteiger charge is -2.19. The van der Waals surface area contributed by atoms with Crippen LogP contribution in [0.2, 0.25) is 0 Å². The lowest BCUT2D eigenvalue weighted by Crippen LogP contribution is -2.42. The number of hydrogen-bond acceptors (Lipinski definition) is 2. The van der Waals surface area contributed by atoms with Gasteiger partial charge in [-0.2, -0.15) is 0 Å². The summed E-state index contributed by atoms with van der Waals surface area (Å²) in [5, 5.41) is 12.7. The van der Waals surface area contributed by atoms with Gasteiger partial charge in [-0.1, -0.05) is 50.1 Å². The molecule has 0 amide bonds. The second kappa shape index (κ2) is 8.18. The minimum Gasteiger partial charge on any atom is -0.480 e. The SMILES string of the molecule is CCCCC(NC1CCC(Cc2ccccc2)C1)C(=O)O. The van der Waals surface area contributed by atoms with Crippen LogP contribution in [0.15, 0.2) is 30.3 Å². The van der Waals surface area contributed by atoms with E-state index in [1.165, 1.54) is 12.0 Å². The number of carboxylic acids is 1. The molecule has 1 fully saturated rings. The first-order chi connectivity index (χ1) is 10.2. The molecular weight excluding hydrogens is 262 g/mol. The van der Waals surface area contributed by atoms with Crippen LogP contribution in [0.5, 0.6) is 0 Å². The van der Waals surface area contributed by atoms with Crippen molar-refractivity contribution in [1.29, 1.82) is 0 Å². The Morgan fingerprint density at radius 3 is 2.76 bits per heavy atom. The zero-order valence-electron chi connectivity index (χ0n) is 12.9. The van der Waals surface area contributed by atoms with E-state index in [2.05, 4.69) is 36.5 Å². The largest absolute Gasteiger partial charge is 0.480 e. The van der Waals surface area contributed by atoms with Crippen molar-refractivity contribution in [3.05, 3.63) is 35.9 Å². The Kier molecular flexibility index (Phi) is 6.24. The van der Waals surface area contributed by atoms with Gasteiger partial charge in [0.1, 0.15) is 6.04 Å². The topological polar surface area (TPSA) is 49.3 Å². The summed E-state index contributed by atoms with van der Waals surface area (Å²) in [5.74, 6) is -0.0134. The van der Waals surface area contributed by atoms with Crippen molar-refractivity contribution in [2.75, 3.05) is 0 Å². The molecule has 1 aliphatic rings. The number of carboxylic acid groups (broad SMARTS) is 1. The molecule has 1 aromatic carbocycles. The van der Waals surface area contributed by atoms with E-state index in [0.29, 0.717) is 12.0 Å². The Morgan fingerprint density at radius 2 is 2.10 bits per heavy atom. The molecule has 0 aromatic heterocycles. The lowest BCUT2D eigenvalue weighted by molar-refractivity contribution is -0.139. The predicted octanol–water partition coefficient (Wildman–Crippen LogP) is 3.63. The first kappa shape index (κ1) is 16.0. The summed E-state index contributed by atoms with van der Waals surface area (Å²) in [6.07, 6.45) is 7.29. The van der Waals surface area contributed by atoms with Crippen LogP contribution in [-0.2, 0) is 11.2 Å². The number of hydrogen-bond donors (Lipinski definition) is 2. The van der Waals surface area contributed by atoms with Gasteiger partial charge in [-0.25, -0.2) is 0 Å². The van der Waals surface area contributed by atoms with Crippen molar-refractivity contribution in [2.45, 2.75) is 64.0 Å². The Labute approximate surface area is 127 Å². The fraction of sp³-hybridized carbons (Fsp3) is 0.611. The Bertz CT molecular complexity index is 432. The number of aliphatic carboxylic acids is 1. The second-order valence-corrected chi connectivity index (χ2v) is 6.27. The van der Waals surface area contributed by atoms with Gasteiger partial charge < -0.3 is 10.4 Å². The van der Waals surface area contributed by atoms with E-state index in [1.54, 1.807) is 0 Å². The fourth-order valence-corrected chi connectivity index (χ4v) is 3.33. The molecule has 1 saturated carbocycles. The normalized spacial score (nSPS) is 23.1. The number of unbranched alkanes of at least 4 members (excludes halogenated alkanes) is 1. The molecule has 3 unspecified atom stereocenters. The highest BCUT2D eigenvalue weighted by Gasteiger charge is 2.28. The van der Waals surface area contributed by atoms with E-state index in [1.807, 2.05) is 6.07 Å². The van der Waals surface area contributed by atoms with Crippen LogP contribution >= 0.6 is 0 Å². The van der Waals surface area contributed by atoms with Crippen molar-refractivity contribution < 1.29 is 9.90 Å². The standard InChI is InChI=1S/C18H27NO2/c1-2-3-9-17(18(20)21)19-16-11-10-15(13-16)12-14-7-5-4-6-8-14/h4-8,15-17,19H,2-3,9-13H2,1H3,(H,20,21). The van der Waals surface area contributed by atoms with Crippen molar-refractivity contribution >= 4 is 5.97 Å². The van der Waals surface area contributed by atoms with E-state index in [0.717, 1.165) is 38.5 Å². The second-order valence-electron chi connectivity index (χ2n) is 6.27. The highest BCUT2D eigenvalue weighted by Crippen LogP contribution is 2.29. The maximum atomic E-state index is 11.3. The third-order valence-electron chi connectivity index (χ3n) is 4.49. The molecule has 0 bridgehead atoms. The third-order valence-corrected chi connectivity index (χ3v) is 4.49. The van der Waals surface area contributed by atoms with Crippen LogP contribution in [0.3, 0.4) is 0 Å². The molecule has 3 heteroatoms. The number of nitrogens with one attached hydrogen (secondary N) is 1. The minimum absolute atomic E-state index is 0.370. The third kappa shape index (κ3) is 5.16. The molecule has 0 spiro atoms. The van der Waals surface area contributed by atoms with Crippen molar-refractivity contribution in [3.63, 3.8) is 0 Å². The van der Waals surface area contributed by atoms with Crippen molar-refractivity contribution in [2.24, 2.45) is 5.92 Å². The molecule has 21 heavy (non-hydrogen) atoms. The molecule has 0 saturated heterocycles. The highest BCUT2D eigenvalue weighted by atomic mass is 16.4. The molecule has 1 aliphatic carbocycles. The summed E-state index contributed by atoms with van der Waals surface area (Å²) in [4.78, 5) is 11.3. The molecule has 2 rings (SSSR count). The first-order valence-electron chi connectivity index (χ1n) is 8.21. The summed E-state index contributed by atoms with van der Waals surface area (Å²) in [6, 6.07) is 10.6. The van der Waals surface area contributed by atoms with Crippen molar-refractivity contribution in [3.8, 4) is 0 Å². The monoisotopic (exact) mass is 289 g/mol. The molecule has 3 atom stereocenters. The summed E-state index contributed by atoms with van der Waals surface area (Å²) in [7, 11) is 0. The number of rotatable bonds is 8. The number of benzene rings is 1. The van der Waals surface area contributed by atoms with Gasteiger partial charge in [0.2, 0.25) is 0 Å². The van der Waals surface area contributed by atoms with Crippen LogP contribution in [0.4, 0.5) is 0 Å². The lowest BCUT2D eigenvalue weighted by atomic mass is 9.98. The van der Waals surface area contributed by atoms with Crippen LogP contribution in [0.1, 0.15) is 51.0 Å². The van der Waals surface area contributed by atoms with E-state index >= 15 is 0 Å². The molecule has 0 aliphatic heterocycles. The molecule has 2 N–H and O–H groups in total. The molecule has 3 nitrogen and oxygen atoms in total. The van der Waals surface area contributed by atoms with Gasteiger partial charge in [-0.05, 0) is 43.6 Å². The Balaban J connectivity index is 1.80. The van der Waals surface area contributed by atoms with E-state index in [4.69, 9.17) is 0 Å². The first-order valence-corrected chi connectivity index (χ1v) is 8.21. The zero-order chi connectivity index (χ0) is 15.1. The summed E-state index contributed by atoms with van der Waals surface area (Å²) < 4.78 is 0. The van der Waals surface area contributed by atoms with Crippen molar-refractivity contribution in [1.82, 2.24) is 5.32 Å². The summed E-state index contributed by atoms with van der Waals surface area (Å²) >= 11 is 0. The molecule has 116 valence electrons. The van der Waals surface area contributed by atoms with Gasteiger partial charge in [0.25, 0.3) is 0 Å². The average molecular weight is 289 g/mol. The van der Waals surface area contributed by atoms with Gasteiger partial charge in [0, 0.05) is 6.04 Å². The van der Waals surface area contributed by atoms with E-state index < -0.39 is 5.97 Å². The quantitative estimate of drug-likeness (QED) is 0.768. The smallest absolute Gasteiger partial charge is 0.320 e. The number of carbonyl (C=O) groups is 1. The maximum absolute atomic E-state index is 11.3. The van der Waals surface area contributed by atoms with Gasteiger partial charge in [-0.3, -0.25) is 4.79 Å². The van der Waals surface area contributed by atoms with Gasteiger partial charge >= 0.3 is 5.97 Å². The molecule has 1 aromatic rings. The van der Waals surface area contributed by atoms with Crippen LogP contribution in [0, 0.1) is 5.92 Å². The van der Waals surface area contributed by atoms with Crippen LogP contribution < -0.4 is 5.32 Å². The van der Waals surface area contributed by atoms with Gasteiger partial charge in [0.05, 0.1) is 0 Å². The average Bonchev–Trinajstić information content (AvgIpc) is 2.91. The molecular formula is C18H27NO2. The highest BCUT2D eigenvalue weighted by molar-refractivity contribution is 5.73. The fourth-order valence-electron chi connectivity index (χ4n) is 3.33. The predicted molar refractivity (Wildman–Crippen MR) is 85.4 cm³/mol. The van der Waals surface area contributed by atoms with Gasteiger partial charge in [0.15, 0.2) is 0 Å². The Morgan fingerprint density at radius 1 is 1.33 bits per heavy atom. The Hall–Kier alpha value is -1.35. The summed E-state index contributed by atoms with van der Waals surface area (Å²) in [5.41, 5.74) is 1.39. The summed E-state index contributed by atoms with van der Waals surface area (Å²) in [6.45, 7) is 2.10. The zero-order valence-corrected chi connectivity index (χ0v) is 12.9. The van der Waals surface area contributed by atoms with Crippen LogP contribution in [-0.4, -0.2) is 23.2 Å². The molecule has 0 radical (unpaired) electrons. The van der Waals surface area contributed by atoms with Crippen LogP contribution in [0.25, 0.3) is 0 Å². The maximum Gasteiger partial charge on any atom is 0.320 e. The minimum atomic E-state index is -0.699. The van der Waals surface area contributed by atoms with Gasteiger partial charge in [-0.15, -0.1) is 0 Å².